The summed E-state index contributed by atoms with van der Waals surface area (Å²) < 4.78 is 24.5. The van der Waals surface area contributed by atoms with E-state index in [4.69, 9.17) is 9.15 Å². The number of methoxy groups -OCH3 is 1. The van der Waals surface area contributed by atoms with E-state index in [-0.39, 0.29) is 29.5 Å². The summed E-state index contributed by atoms with van der Waals surface area (Å²) in [5, 5.41) is 0. The lowest BCUT2D eigenvalue weighted by molar-refractivity contribution is -0.00410. The SMILES string of the molecule is CO[C@@H]1CCN(C(=O)c2cnco2)C[C@H]1Cc1ccccc1F. The molecule has 2 aromatic rings. The molecule has 0 N–H and O–H groups in total. The Labute approximate surface area is 134 Å². The molecule has 1 aromatic carbocycles. The maximum atomic E-state index is 13.9. The number of nitrogens with zero attached hydrogens (tertiary/aromatic N) is 2. The van der Waals surface area contributed by atoms with Gasteiger partial charge >= 0.3 is 0 Å². The number of rotatable bonds is 4. The molecule has 1 aliphatic heterocycles. The lowest BCUT2D eigenvalue weighted by Gasteiger charge is -2.37. The molecule has 5 nitrogen and oxygen atoms in total. The van der Waals surface area contributed by atoms with E-state index in [1.54, 1.807) is 24.1 Å². The second kappa shape index (κ2) is 6.91. The molecule has 3 rings (SSSR count). The summed E-state index contributed by atoms with van der Waals surface area (Å²) in [6, 6.07) is 6.73. The van der Waals surface area contributed by atoms with Gasteiger partial charge in [-0.3, -0.25) is 4.79 Å². The predicted molar refractivity (Wildman–Crippen MR) is 81.4 cm³/mol. The van der Waals surface area contributed by atoms with E-state index >= 15 is 0 Å². The van der Waals surface area contributed by atoms with E-state index < -0.39 is 0 Å². The first kappa shape index (κ1) is 15.7. The van der Waals surface area contributed by atoms with Crippen molar-refractivity contribution in [2.45, 2.75) is 18.9 Å². The maximum absolute atomic E-state index is 13.9. The molecule has 122 valence electrons. The van der Waals surface area contributed by atoms with E-state index in [1.165, 1.54) is 18.7 Å². The van der Waals surface area contributed by atoms with Gasteiger partial charge in [0.25, 0.3) is 5.91 Å². The molecule has 2 atom stereocenters. The van der Waals surface area contributed by atoms with Crippen LogP contribution in [0.1, 0.15) is 22.5 Å². The number of benzene rings is 1. The van der Waals surface area contributed by atoms with Crippen molar-refractivity contribution in [1.82, 2.24) is 9.88 Å². The first-order valence-corrected chi connectivity index (χ1v) is 7.63. The number of hydrogen-bond acceptors (Lipinski definition) is 4. The standard InChI is InChI=1S/C17H19FN2O3/c1-22-15-6-7-20(17(21)16-9-19-11-23-16)10-13(15)8-12-4-2-3-5-14(12)18/h2-5,9,11,13,15H,6-8,10H2,1H3/t13-,15-/m1/s1. The van der Waals surface area contributed by atoms with Crippen LogP contribution in [0.3, 0.4) is 0 Å². The molecule has 1 aliphatic rings. The molecule has 0 bridgehead atoms. The molecule has 0 radical (unpaired) electrons. The van der Waals surface area contributed by atoms with Gasteiger partial charge in [0, 0.05) is 26.1 Å². The Balaban J connectivity index is 1.74. The largest absolute Gasteiger partial charge is 0.438 e. The smallest absolute Gasteiger partial charge is 0.291 e. The number of oxazole rings is 1. The highest BCUT2D eigenvalue weighted by Gasteiger charge is 2.33. The second-order valence-electron chi connectivity index (χ2n) is 5.74. The molecule has 0 unspecified atom stereocenters. The van der Waals surface area contributed by atoms with Gasteiger partial charge in [0.15, 0.2) is 6.39 Å². The molecule has 1 aromatic heterocycles. The molecule has 1 saturated heterocycles. The molecule has 1 amide bonds. The van der Waals surface area contributed by atoms with Crippen molar-refractivity contribution in [3.63, 3.8) is 0 Å². The van der Waals surface area contributed by atoms with Gasteiger partial charge in [-0.15, -0.1) is 0 Å². The fourth-order valence-corrected chi connectivity index (χ4v) is 3.13. The normalized spacial score (nSPS) is 21.4. The number of piperidine rings is 1. The zero-order chi connectivity index (χ0) is 16.2. The van der Waals surface area contributed by atoms with E-state index in [9.17, 15) is 9.18 Å². The van der Waals surface area contributed by atoms with Gasteiger partial charge in [-0.05, 0) is 24.5 Å². The molecular formula is C17H19FN2O3. The Morgan fingerprint density at radius 3 is 3.00 bits per heavy atom. The highest BCUT2D eigenvalue weighted by Crippen LogP contribution is 2.25. The van der Waals surface area contributed by atoms with Crippen molar-refractivity contribution in [1.29, 1.82) is 0 Å². The molecule has 6 heteroatoms. The Morgan fingerprint density at radius 2 is 2.30 bits per heavy atom. The van der Waals surface area contributed by atoms with Crippen molar-refractivity contribution in [3.8, 4) is 0 Å². The highest BCUT2D eigenvalue weighted by molar-refractivity contribution is 5.91. The summed E-state index contributed by atoms with van der Waals surface area (Å²) in [5.74, 6) is -0.139. The Bertz CT molecular complexity index is 660. The number of likely N-dealkylation sites (tertiary alicyclic amines) is 1. The zero-order valence-corrected chi connectivity index (χ0v) is 12.9. The third-order valence-electron chi connectivity index (χ3n) is 4.34. The molecule has 0 spiro atoms. The lowest BCUT2D eigenvalue weighted by atomic mass is 9.88. The van der Waals surface area contributed by atoms with Gasteiger partial charge < -0.3 is 14.1 Å². The summed E-state index contributed by atoms with van der Waals surface area (Å²) >= 11 is 0. The Morgan fingerprint density at radius 1 is 1.48 bits per heavy atom. The van der Waals surface area contributed by atoms with Gasteiger partial charge in [-0.2, -0.15) is 0 Å². The van der Waals surface area contributed by atoms with Crippen molar-refractivity contribution in [2.24, 2.45) is 5.92 Å². The summed E-state index contributed by atoms with van der Waals surface area (Å²) in [7, 11) is 1.66. The number of hydrogen-bond donors (Lipinski definition) is 0. The van der Waals surface area contributed by atoms with Crippen LogP contribution in [-0.4, -0.2) is 42.1 Å². The summed E-state index contributed by atoms with van der Waals surface area (Å²) in [6.45, 7) is 1.10. The summed E-state index contributed by atoms with van der Waals surface area (Å²) in [5.41, 5.74) is 0.647. The number of halogens is 1. The fraction of sp³-hybridized carbons (Fsp3) is 0.412. The third-order valence-corrected chi connectivity index (χ3v) is 4.34. The monoisotopic (exact) mass is 318 g/mol. The number of ether oxygens (including phenoxy) is 1. The minimum absolute atomic E-state index is 0.00776. The molecule has 0 aliphatic carbocycles. The van der Waals surface area contributed by atoms with Gasteiger partial charge in [0.05, 0.1) is 12.3 Å². The van der Waals surface area contributed by atoms with Gasteiger partial charge in [0.2, 0.25) is 5.76 Å². The van der Waals surface area contributed by atoms with E-state index in [0.29, 0.717) is 25.1 Å². The number of carbonyl (C=O) groups is 1. The van der Waals surface area contributed by atoms with Crippen LogP contribution in [0.25, 0.3) is 0 Å². The molecule has 1 fully saturated rings. The zero-order valence-electron chi connectivity index (χ0n) is 12.9. The van der Waals surface area contributed by atoms with E-state index in [1.807, 2.05) is 6.07 Å². The molecule has 23 heavy (non-hydrogen) atoms. The van der Waals surface area contributed by atoms with Crippen LogP contribution in [0.2, 0.25) is 0 Å². The van der Waals surface area contributed by atoms with Crippen LogP contribution >= 0.6 is 0 Å². The quantitative estimate of drug-likeness (QED) is 0.869. The Kier molecular flexibility index (Phi) is 4.71. The van der Waals surface area contributed by atoms with E-state index in [2.05, 4.69) is 4.98 Å². The van der Waals surface area contributed by atoms with Crippen LogP contribution < -0.4 is 0 Å². The second-order valence-corrected chi connectivity index (χ2v) is 5.74. The summed E-state index contributed by atoms with van der Waals surface area (Å²) in [4.78, 5) is 17.9. The van der Waals surface area contributed by atoms with Crippen LogP contribution in [0.4, 0.5) is 4.39 Å². The first-order valence-electron chi connectivity index (χ1n) is 7.63. The predicted octanol–water partition coefficient (Wildman–Crippen LogP) is 2.53. The van der Waals surface area contributed by atoms with Crippen molar-refractivity contribution >= 4 is 5.91 Å². The number of aromatic nitrogens is 1. The molecular weight excluding hydrogens is 299 g/mol. The van der Waals surface area contributed by atoms with Crippen LogP contribution in [0.15, 0.2) is 41.3 Å². The van der Waals surface area contributed by atoms with Crippen LogP contribution in [0.5, 0.6) is 0 Å². The van der Waals surface area contributed by atoms with Crippen molar-refractivity contribution < 1.29 is 18.3 Å². The average molecular weight is 318 g/mol. The fourth-order valence-electron chi connectivity index (χ4n) is 3.13. The van der Waals surface area contributed by atoms with E-state index in [0.717, 1.165) is 6.42 Å². The number of carbonyl (C=O) groups excluding carboxylic acids is 1. The maximum Gasteiger partial charge on any atom is 0.291 e. The minimum atomic E-state index is -0.221. The first-order chi connectivity index (χ1) is 11.2. The summed E-state index contributed by atoms with van der Waals surface area (Å²) in [6.07, 6.45) is 3.91. The molecule has 0 saturated carbocycles. The lowest BCUT2D eigenvalue weighted by Crippen LogP contribution is -2.47. The Hall–Kier alpha value is -2.21. The topological polar surface area (TPSA) is 55.6 Å². The van der Waals surface area contributed by atoms with Crippen molar-refractivity contribution in [3.05, 3.63) is 54.0 Å². The third kappa shape index (κ3) is 3.42. The van der Waals surface area contributed by atoms with Gasteiger partial charge in [-0.25, -0.2) is 9.37 Å². The van der Waals surface area contributed by atoms with Crippen molar-refractivity contribution in [2.75, 3.05) is 20.2 Å². The van der Waals surface area contributed by atoms with Gasteiger partial charge in [-0.1, -0.05) is 18.2 Å². The highest BCUT2D eigenvalue weighted by atomic mass is 19.1. The molecule has 2 heterocycles. The van der Waals surface area contributed by atoms with Crippen LogP contribution in [0, 0.1) is 11.7 Å². The minimum Gasteiger partial charge on any atom is -0.438 e. The van der Waals surface area contributed by atoms with Crippen LogP contribution in [-0.2, 0) is 11.2 Å². The average Bonchev–Trinajstić information content (AvgIpc) is 3.11. The van der Waals surface area contributed by atoms with Gasteiger partial charge in [0.1, 0.15) is 5.82 Å². The number of amides is 1.